The molecule has 0 aliphatic heterocycles. The van der Waals surface area contributed by atoms with Gasteiger partial charge in [-0.25, -0.2) is 13.5 Å². The molecule has 1 aromatic rings. The van der Waals surface area contributed by atoms with Crippen molar-refractivity contribution < 1.29 is 8.78 Å². The number of rotatable bonds is 4. The van der Waals surface area contributed by atoms with Gasteiger partial charge in [-0.1, -0.05) is 6.58 Å². The van der Waals surface area contributed by atoms with Crippen LogP contribution >= 0.6 is 0 Å². The van der Waals surface area contributed by atoms with Crippen LogP contribution in [0.5, 0.6) is 0 Å². The van der Waals surface area contributed by atoms with Gasteiger partial charge in [0.25, 0.3) is 5.92 Å². The highest BCUT2D eigenvalue weighted by molar-refractivity contribution is 5.18. The molecule has 0 radical (unpaired) electrons. The van der Waals surface area contributed by atoms with Gasteiger partial charge in [0.15, 0.2) is 0 Å². The largest absolute Gasteiger partial charge is 0.325 e. The fourth-order valence-corrected chi connectivity index (χ4v) is 0.939. The highest BCUT2D eigenvalue weighted by Crippen LogP contribution is 2.17. The molecule has 0 atom stereocenters. The molecule has 0 aliphatic rings. The summed E-state index contributed by atoms with van der Waals surface area (Å²) in [6, 6.07) is 0. The molecule has 0 unspecified atom stereocenters. The van der Waals surface area contributed by atoms with Crippen LogP contribution in [0.4, 0.5) is 8.78 Å². The topological polar surface area (TPSA) is 43.8 Å². The zero-order chi connectivity index (χ0) is 9.90. The van der Waals surface area contributed by atoms with E-state index in [1.54, 1.807) is 0 Å². The van der Waals surface area contributed by atoms with Crippen LogP contribution in [0.2, 0.25) is 0 Å². The molecular weight excluding hydrogens is 176 g/mol. The van der Waals surface area contributed by atoms with Crippen molar-refractivity contribution in [2.24, 2.45) is 5.73 Å². The second-order valence-corrected chi connectivity index (χ2v) is 2.75. The molecule has 1 rings (SSSR count). The molecule has 3 nitrogen and oxygen atoms in total. The fourth-order valence-electron chi connectivity index (χ4n) is 0.939. The van der Waals surface area contributed by atoms with E-state index < -0.39 is 12.5 Å². The zero-order valence-electron chi connectivity index (χ0n) is 7.08. The highest BCUT2D eigenvalue weighted by atomic mass is 19.3. The maximum absolute atomic E-state index is 12.8. The maximum atomic E-state index is 12.8. The van der Waals surface area contributed by atoms with E-state index in [4.69, 9.17) is 5.73 Å². The van der Waals surface area contributed by atoms with Gasteiger partial charge < -0.3 is 5.73 Å². The van der Waals surface area contributed by atoms with Gasteiger partial charge >= 0.3 is 0 Å². The Hall–Kier alpha value is -1.23. The van der Waals surface area contributed by atoms with Crippen LogP contribution in [0, 0.1) is 0 Å². The van der Waals surface area contributed by atoms with Crippen LogP contribution in [0.3, 0.4) is 0 Å². The van der Waals surface area contributed by atoms with Gasteiger partial charge in [0.2, 0.25) is 0 Å². The third kappa shape index (κ3) is 2.62. The first kappa shape index (κ1) is 9.85. The normalized spacial score (nSPS) is 11.6. The van der Waals surface area contributed by atoms with E-state index in [0.29, 0.717) is 5.56 Å². The van der Waals surface area contributed by atoms with E-state index in [1.165, 1.54) is 23.3 Å². The molecule has 2 N–H and O–H groups in total. The Labute approximate surface area is 74.8 Å². The average molecular weight is 187 g/mol. The van der Waals surface area contributed by atoms with E-state index in [-0.39, 0.29) is 6.42 Å². The van der Waals surface area contributed by atoms with E-state index in [9.17, 15) is 8.78 Å². The number of nitrogens with zero attached hydrogens (tertiary/aromatic N) is 2. The van der Waals surface area contributed by atoms with Crippen molar-refractivity contribution in [1.29, 1.82) is 0 Å². The van der Waals surface area contributed by atoms with Crippen molar-refractivity contribution in [3.8, 4) is 0 Å². The summed E-state index contributed by atoms with van der Waals surface area (Å²) in [5, 5.41) is 3.78. The zero-order valence-corrected chi connectivity index (χ0v) is 7.08. The van der Waals surface area contributed by atoms with Crippen LogP contribution < -0.4 is 5.73 Å². The quantitative estimate of drug-likeness (QED) is 0.767. The SMILES string of the molecule is C=Cn1cc(CC(F)(F)CN)cn1. The smallest absolute Gasteiger partial charge is 0.264 e. The first-order valence-electron chi connectivity index (χ1n) is 3.81. The molecule has 0 fully saturated rings. The van der Waals surface area contributed by atoms with Gasteiger partial charge in [-0.05, 0) is 5.56 Å². The predicted molar refractivity (Wildman–Crippen MR) is 46.3 cm³/mol. The summed E-state index contributed by atoms with van der Waals surface area (Å²) in [6.45, 7) is 2.80. The van der Waals surface area contributed by atoms with Crippen LogP contribution in [0.25, 0.3) is 6.20 Å². The Morgan fingerprint density at radius 1 is 1.69 bits per heavy atom. The summed E-state index contributed by atoms with van der Waals surface area (Å²) >= 11 is 0. The summed E-state index contributed by atoms with van der Waals surface area (Å²) < 4.78 is 26.9. The van der Waals surface area contributed by atoms with Crippen LogP contribution in [0.1, 0.15) is 5.56 Å². The van der Waals surface area contributed by atoms with Gasteiger partial charge in [-0.3, -0.25) is 0 Å². The molecule has 1 heterocycles. The van der Waals surface area contributed by atoms with Crippen molar-refractivity contribution >= 4 is 6.20 Å². The van der Waals surface area contributed by atoms with Crippen molar-refractivity contribution in [3.05, 3.63) is 24.5 Å². The molecule has 13 heavy (non-hydrogen) atoms. The number of hydrogen-bond donors (Lipinski definition) is 1. The van der Waals surface area contributed by atoms with Crippen molar-refractivity contribution in [1.82, 2.24) is 9.78 Å². The first-order chi connectivity index (χ1) is 6.07. The van der Waals surface area contributed by atoms with Gasteiger partial charge in [0.05, 0.1) is 12.7 Å². The van der Waals surface area contributed by atoms with E-state index in [1.807, 2.05) is 0 Å². The molecule has 0 saturated heterocycles. The second kappa shape index (κ2) is 3.66. The average Bonchev–Trinajstić information content (AvgIpc) is 2.52. The minimum Gasteiger partial charge on any atom is -0.325 e. The lowest BCUT2D eigenvalue weighted by molar-refractivity contribution is 0.0115. The van der Waals surface area contributed by atoms with Crippen molar-refractivity contribution in [2.75, 3.05) is 6.54 Å². The molecule has 0 saturated carbocycles. The summed E-state index contributed by atoms with van der Waals surface area (Å²) in [7, 11) is 0. The summed E-state index contributed by atoms with van der Waals surface area (Å²) in [4.78, 5) is 0. The fraction of sp³-hybridized carbons (Fsp3) is 0.375. The monoisotopic (exact) mass is 187 g/mol. The standard InChI is InChI=1S/C8H11F2N3/c1-2-13-5-7(4-12-13)3-8(9,10)6-11/h2,4-5H,1,3,6,11H2. The molecule has 0 aliphatic carbocycles. The minimum absolute atomic E-state index is 0.378. The molecule has 1 aromatic heterocycles. The molecule has 72 valence electrons. The lowest BCUT2D eigenvalue weighted by Gasteiger charge is -2.11. The van der Waals surface area contributed by atoms with E-state index >= 15 is 0 Å². The number of alkyl halides is 2. The lowest BCUT2D eigenvalue weighted by Crippen LogP contribution is -2.29. The number of hydrogen-bond acceptors (Lipinski definition) is 2. The predicted octanol–water partition coefficient (Wildman–Crippen LogP) is 1.12. The highest BCUT2D eigenvalue weighted by Gasteiger charge is 2.27. The van der Waals surface area contributed by atoms with Gasteiger partial charge in [-0.2, -0.15) is 5.10 Å². The number of aromatic nitrogens is 2. The van der Waals surface area contributed by atoms with Crippen LogP contribution in [-0.4, -0.2) is 22.2 Å². The maximum Gasteiger partial charge on any atom is 0.264 e. The Bertz CT molecular complexity index is 293. The van der Waals surface area contributed by atoms with E-state index in [0.717, 1.165) is 0 Å². The lowest BCUT2D eigenvalue weighted by atomic mass is 10.1. The van der Waals surface area contributed by atoms with Crippen LogP contribution in [-0.2, 0) is 6.42 Å². The van der Waals surface area contributed by atoms with Gasteiger partial charge in [0, 0.05) is 18.8 Å². The number of nitrogens with two attached hydrogens (primary N) is 1. The minimum atomic E-state index is -2.85. The van der Waals surface area contributed by atoms with Crippen molar-refractivity contribution in [3.63, 3.8) is 0 Å². The number of halogens is 2. The molecule has 5 heteroatoms. The Morgan fingerprint density at radius 3 is 2.85 bits per heavy atom. The summed E-state index contributed by atoms with van der Waals surface area (Å²) in [6.07, 6.45) is 3.93. The molecule has 0 bridgehead atoms. The molecular formula is C8H11F2N3. The van der Waals surface area contributed by atoms with Crippen molar-refractivity contribution in [2.45, 2.75) is 12.3 Å². The molecule has 0 spiro atoms. The first-order valence-corrected chi connectivity index (χ1v) is 3.81. The van der Waals surface area contributed by atoms with Gasteiger partial charge in [-0.15, -0.1) is 0 Å². The molecule has 0 amide bonds. The molecule has 0 aromatic carbocycles. The Morgan fingerprint density at radius 2 is 2.38 bits per heavy atom. The third-order valence-electron chi connectivity index (χ3n) is 1.60. The summed E-state index contributed by atoms with van der Waals surface area (Å²) in [5.74, 6) is -2.85. The summed E-state index contributed by atoms with van der Waals surface area (Å²) in [5.41, 5.74) is 5.35. The van der Waals surface area contributed by atoms with Crippen LogP contribution in [0.15, 0.2) is 19.0 Å². The third-order valence-corrected chi connectivity index (χ3v) is 1.60. The van der Waals surface area contributed by atoms with Gasteiger partial charge in [0.1, 0.15) is 0 Å². The van der Waals surface area contributed by atoms with E-state index in [2.05, 4.69) is 11.7 Å². The Balaban J connectivity index is 2.69. The Kier molecular flexibility index (Phi) is 2.77. The second-order valence-electron chi connectivity index (χ2n) is 2.75.